The van der Waals surface area contributed by atoms with Gasteiger partial charge in [-0.15, -0.1) is 0 Å². The fourth-order valence-corrected chi connectivity index (χ4v) is 3.70. The third-order valence-corrected chi connectivity index (χ3v) is 5.22. The molecule has 0 aromatic heterocycles. The van der Waals surface area contributed by atoms with Gasteiger partial charge >= 0.3 is 0 Å². The largest absolute Gasteiger partial charge is 0.454 e. The Balaban J connectivity index is 1.66. The smallest absolute Gasteiger partial charge is 0.258 e. The van der Waals surface area contributed by atoms with Crippen molar-refractivity contribution in [2.24, 2.45) is 0 Å². The van der Waals surface area contributed by atoms with E-state index in [1.165, 1.54) is 24.3 Å². The van der Waals surface area contributed by atoms with Gasteiger partial charge in [0.2, 0.25) is 12.7 Å². The highest BCUT2D eigenvalue weighted by atomic mass is 19.1. The molecule has 0 radical (unpaired) electrons. The number of carbonyl (C=O) groups excluding carboxylic acids is 2. The first-order valence-electron chi connectivity index (χ1n) is 9.27. The van der Waals surface area contributed by atoms with Crippen LogP contribution >= 0.6 is 0 Å². The number of fused-ring (bicyclic) bond motifs is 1. The Bertz CT molecular complexity index is 892. The van der Waals surface area contributed by atoms with Crippen molar-refractivity contribution in [3.8, 4) is 11.5 Å². The van der Waals surface area contributed by atoms with Crippen LogP contribution in [0.3, 0.4) is 0 Å². The maximum atomic E-state index is 13.3. The lowest BCUT2D eigenvalue weighted by Gasteiger charge is -2.38. The fourth-order valence-electron chi connectivity index (χ4n) is 3.70. The number of halogens is 1. The van der Waals surface area contributed by atoms with Gasteiger partial charge in [-0.25, -0.2) is 4.39 Å². The van der Waals surface area contributed by atoms with Gasteiger partial charge in [-0.2, -0.15) is 0 Å². The van der Waals surface area contributed by atoms with Crippen molar-refractivity contribution in [3.63, 3.8) is 0 Å². The first-order chi connectivity index (χ1) is 13.5. The highest BCUT2D eigenvalue weighted by Crippen LogP contribution is 2.37. The fraction of sp³-hybridized carbons (Fsp3) is 0.333. The first kappa shape index (κ1) is 18.3. The number of carbonyl (C=O) groups is 2. The number of hydrogen-bond donors (Lipinski definition) is 0. The van der Waals surface area contributed by atoms with E-state index in [0.717, 1.165) is 0 Å². The number of rotatable bonds is 3. The number of ether oxygens (including phenoxy) is 2. The first-order valence-corrected chi connectivity index (χ1v) is 9.27. The summed E-state index contributed by atoms with van der Waals surface area (Å²) >= 11 is 0. The Morgan fingerprint density at radius 2 is 1.71 bits per heavy atom. The lowest BCUT2D eigenvalue weighted by atomic mass is 10.0. The van der Waals surface area contributed by atoms with E-state index in [4.69, 9.17) is 9.47 Å². The lowest BCUT2D eigenvalue weighted by Crippen LogP contribution is -2.48. The molecule has 2 amide bonds. The van der Waals surface area contributed by atoms with Gasteiger partial charge in [0.15, 0.2) is 11.5 Å². The molecule has 4 rings (SSSR count). The second-order valence-electron chi connectivity index (χ2n) is 6.96. The third kappa shape index (κ3) is 3.52. The molecule has 1 fully saturated rings. The number of amides is 2. The second-order valence-corrected chi connectivity index (χ2v) is 6.96. The predicted molar refractivity (Wildman–Crippen MR) is 101 cm³/mol. The van der Waals surface area contributed by atoms with Crippen molar-refractivity contribution in [3.05, 3.63) is 53.8 Å². The van der Waals surface area contributed by atoms with E-state index in [0.29, 0.717) is 48.7 Å². The quantitative estimate of drug-likeness (QED) is 0.815. The summed E-state index contributed by atoms with van der Waals surface area (Å²) in [5, 5.41) is 0. The zero-order valence-corrected chi connectivity index (χ0v) is 15.6. The van der Waals surface area contributed by atoms with E-state index in [9.17, 15) is 14.0 Å². The van der Waals surface area contributed by atoms with Crippen molar-refractivity contribution in [1.29, 1.82) is 0 Å². The average Bonchev–Trinajstić information content (AvgIpc) is 3.17. The van der Waals surface area contributed by atoms with E-state index in [2.05, 4.69) is 0 Å². The molecule has 0 aliphatic carbocycles. The van der Waals surface area contributed by atoms with E-state index >= 15 is 0 Å². The zero-order chi connectivity index (χ0) is 19.7. The van der Waals surface area contributed by atoms with E-state index in [-0.39, 0.29) is 30.5 Å². The van der Waals surface area contributed by atoms with Crippen molar-refractivity contribution >= 4 is 17.5 Å². The van der Waals surface area contributed by atoms with Crippen molar-refractivity contribution in [2.75, 3.05) is 24.8 Å². The van der Waals surface area contributed by atoms with Crippen LogP contribution in [0.2, 0.25) is 0 Å². The number of benzene rings is 2. The molecule has 0 unspecified atom stereocenters. The van der Waals surface area contributed by atoms with Crippen LogP contribution in [0.1, 0.15) is 30.1 Å². The van der Waals surface area contributed by atoms with Gasteiger partial charge in [0.1, 0.15) is 5.82 Å². The molecule has 0 N–H and O–H groups in total. The summed E-state index contributed by atoms with van der Waals surface area (Å²) in [5.74, 6) is 0.680. The minimum absolute atomic E-state index is 0.0398. The molecule has 2 heterocycles. The van der Waals surface area contributed by atoms with Crippen LogP contribution in [-0.4, -0.2) is 42.6 Å². The molecular formula is C21H21FN2O4. The summed E-state index contributed by atoms with van der Waals surface area (Å²) in [5.41, 5.74) is 1.10. The van der Waals surface area contributed by atoms with Crippen LogP contribution in [0, 0.1) is 5.82 Å². The predicted octanol–water partition coefficient (Wildman–Crippen LogP) is 3.21. The number of hydrogen-bond acceptors (Lipinski definition) is 4. The summed E-state index contributed by atoms with van der Waals surface area (Å²) < 4.78 is 24.1. The molecule has 2 aliphatic rings. The van der Waals surface area contributed by atoms with Gasteiger partial charge in [-0.3, -0.25) is 9.59 Å². The molecule has 0 atom stereocenters. The topological polar surface area (TPSA) is 59.1 Å². The molecule has 0 spiro atoms. The van der Waals surface area contributed by atoms with Crippen molar-refractivity contribution in [1.82, 2.24) is 4.90 Å². The molecule has 6 nitrogen and oxygen atoms in total. The molecule has 7 heteroatoms. The van der Waals surface area contributed by atoms with Crippen molar-refractivity contribution < 1.29 is 23.5 Å². The Morgan fingerprint density at radius 1 is 1.04 bits per heavy atom. The Morgan fingerprint density at radius 3 is 2.39 bits per heavy atom. The molecule has 0 bridgehead atoms. The molecule has 2 aromatic rings. The highest BCUT2D eigenvalue weighted by molar-refractivity contribution is 6.06. The standard InChI is InChI=1S/C21H21FN2O4/c1-14(25)23-10-8-17(9-11-23)24(21(26)15-2-4-16(22)5-3-15)18-6-7-19-20(12-18)28-13-27-19/h2-7,12,17H,8-11,13H2,1H3. The zero-order valence-electron chi connectivity index (χ0n) is 15.6. The van der Waals surface area contributed by atoms with Crippen LogP contribution < -0.4 is 14.4 Å². The molecule has 0 saturated carbocycles. The van der Waals surface area contributed by atoms with Crippen LogP contribution in [-0.2, 0) is 4.79 Å². The van der Waals surface area contributed by atoms with E-state index < -0.39 is 0 Å². The van der Waals surface area contributed by atoms with Gasteiger partial charge in [0, 0.05) is 43.4 Å². The van der Waals surface area contributed by atoms with Gasteiger partial charge in [0.25, 0.3) is 5.91 Å². The SMILES string of the molecule is CC(=O)N1CCC(N(C(=O)c2ccc(F)cc2)c2ccc3c(c2)OCO3)CC1. The van der Waals surface area contributed by atoms with Crippen LogP contribution in [0.15, 0.2) is 42.5 Å². The highest BCUT2D eigenvalue weighted by Gasteiger charge is 2.31. The molecule has 28 heavy (non-hydrogen) atoms. The van der Waals surface area contributed by atoms with Crippen LogP contribution in [0.4, 0.5) is 10.1 Å². The van der Waals surface area contributed by atoms with Crippen LogP contribution in [0.5, 0.6) is 11.5 Å². The summed E-state index contributed by atoms with van der Waals surface area (Å²) in [6.07, 6.45) is 1.34. The second kappa shape index (κ2) is 7.50. The molecule has 1 saturated heterocycles. The van der Waals surface area contributed by atoms with Crippen LogP contribution in [0.25, 0.3) is 0 Å². The normalized spacial score (nSPS) is 16.1. The Kier molecular flexibility index (Phi) is 4.90. The third-order valence-electron chi connectivity index (χ3n) is 5.22. The van der Waals surface area contributed by atoms with Gasteiger partial charge in [-0.05, 0) is 49.2 Å². The summed E-state index contributed by atoms with van der Waals surface area (Å²) in [6, 6.07) is 10.9. The number of anilines is 1. The lowest BCUT2D eigenvalue weighted by molar-refractivity contribution is -0.129. The Labute approximate surface area is 162 Å². The summed E-state index contributed by atoms with van der Waals surface area (Å²) in [4.78, 5) is 28.5. The summed E-state index contributed by atoms with van der Waals surface area (Å²) in [7, 11) is 0. The molecular weight excluding hydrogens is 363 g/mol. The maximum Gasteiger partial charge on any atom is 0.258 e. The van der Waals surface area contributed by atoms with Gasteiger partial charge in [-0.1, -0.05) is 0 Å². The Hall–Kier alpha value is -3.09. The molecule has 2 aromatic carbocycles. The molecule has 146 valence electrons. The minimum Gasteiger partial charge on any atom is -0.454 e. The number of nitrogens with zero attached hydrogens (tertiary/aromatic N) is 2. The van der Waals surface area contributed by atoms with E-state index in [1.807, 2.05) is 6.07 Å². The monoisotopic (exact) mass is 384 g/mol. The van der Waals surface area contributed by atoms with Crippen molar-refractivity contribution in [2.45, 2.75) is 25.8 Å². The number of piperidine rings is 1. The number of likely N-dealkylation sites (tertiary alicyclic amines) is 1. The van der Waals surface area contributed by atoms with Gasteiger partial charge in [0.05, 0.1) is 0 Å². The van der Waals surface area contributed by atoms with Gasteiger partial charge < -0.3 is 19.3 Å². The van der Waals surface area contributed by atoms with E-state index in [1.54, 1.807) is 28.9 Å². The molecule has 2 aliphatic heterocycles. The minimum atomic E-state index is -0.388. The maximum absolute atomic E-state index is 13.3. The summed E-state index contributed by atoms with van der Waals surface area (Å²) in [6.45, 7) is 2.90. The average molecular weight is 384 g/mol.